The van der Waals surface area contributed by atoms with Gasteiger partial charge in [-0.3, -0.25) is 14.3 Å². The maximum atomic E-state index is 15.9. The van der Waals surface area contributed by atoms with E-state index in [4.69, 9.17) is 37.4 Å². The summed E-state index contributed by atoms with van der Waals surface area (Å²) in [7, 11) is 0. The number of rotatable bonds is 7. The zero-order valence-electron chi connectivity index (χ0n) is 19.0. The van der Waals surface area contributed by atoms with Crippen LogP contribution in [0, 0.1) is 0 Å². The van der Waals surface area contributed by atoms with Gasteiger partial charge in [-0.25, -0.2) is 18.8 Å². The molecule has 1 fully saturated rings. The van der Waals surface area contributed by atoms with Gasteiger partial charge in [-0.15, -0.1) is 0 Å². The summed E-state index contributed by atoms with van der Waals surface area (Å²) in [6.07, 6.45) is -5.49. The first-order valence-corrected chi connectivity index (χ1v) is 11.5. The minimum Gasteiger partial charge on any atom is -0.459 e. The smallest absolute Gasteiger partial charge is 0.338 e. The Morgan fingerprint density at radius 2 is 1.84 bits per heavy atom. The molecule has 0 amide bonds. The van der Waals surface area contributed by atoms with Crippen molar-refractivity contribution in [2.45, 2.75) is 24.2 Å². The highest BCUT2D eigenvalue weighted by molar-refractivity contribution is 6.31. The average molecular weight is 564 g/mol. The molecule has 1 aliphatic heterocycles. The van der Waals surface area contributed by atoms with Crippen LogP contribution in [-0.4, -0.2) is 46.1 Å². The van der Waals surface area contributed by atoms with E-state index in [0.29, 0.717) is 4.57 Å². The van der Waals surface area contributed by atoms with Crippen LogP contribution in [-0.2, 0) is 14.2 Å². The van der Waals surface area contributed by atoms with Crippen molar-refractivity contribution < 1.29 is 28.2 Å². The summed E-state index contributed by atoms with van der Waals surface area (Å²) >= 11 is 11.7. The van der Waals surface area contributed by atoms with Crippen molar-refractivity contribution in [1.82, 2.24) is 9.55 Å². The molecule has 4 atom stereocenters. The summed E-state index contributed by atoms with van der Waals surface area (Å²) in [6, 6.07) is 13.2. The molecule has 0 unspecified atom stereocenters. The first-order valence-electron chi connectivity index (χ1n) is 10.7. The Balaban J connectivity index is 1.73. The van der Waals surface area contributed by atoms with Crippen molar-refractivity contribution in [3.63, 3.8) is 0 Å². The van der Waals surface area contributed by atoms with Crippen LogP contribution >= 0.6 is 23.2 Å². The van der Waals surface area contributed by atoms with Crippen LogP contribution in [0.3, 0.4) is 0 Å². The fourth-order valence-corrected chi connectivity index (χ4v) is 4.03. The van der Waals surface area contributed by atoms with Gasteiger partial charge in [0.1, 0.15) is 11.6 Å². The molecule has 1 aliphatic rings. The van der Waals surface area contributed by atoms with E-state index in [1.807, 2.05) is 4.98 Å². The lowest BCUT2D eigenvalue weighted by Crippen LogP contribution is -2.47. The summed E-state index contributed by atoms with van der Waals surface area (Å²) in [6.45, 7) is -0.933. The minimum atomic E-state index is -2.47. The molecule has 15 heteroatoms. The number of benzene rings is 2. The minimum absolute atomic E-state index is 0.0152. The number of hydrogen-bond donors (Lipinski definition) is 1. The molecule has 0 bridgehead atoms. The van der Waals surface area contributed by atoms with Gasteiger partial charge in [0.15, 0.2) is 18.5 Å². The SMILES string of the molecule is [N-]=[N+]=N[C@]1(COC(=O)c2cccc(Cl)c2)O[C@@H](n2cc(Cl)c(=O)[nH]c2=O)[C@@H](F)[C@@H]1OC(=O)c1ccccc1. The lowest BCUT2D eigenvalue weighted by molar-refractivity contribution is -0.129. The number of esters is 2. The Hall–Kier alpha value is -4.16. The molecule has 2 aromatic carbocycles. The molecular weight excluding hydrogens is 548 g/mol. The molecule has 2 heterocycles. The number of aromatic amines is 1. The van der Waals surface area contributed by atoms with Crippen LogP contribution in [0.5, 0.6) is 0 Å². The predicted octanol–water partition coefficient (Wildman–Crippen LogP) is 3.80. The fourth-order valence-electron chi connectivity index (χ4n) is 3.68. The summed E-state index contributed by atoms with van der Waals surface area (Å²) in [5, 5.41) is 3.23. The predicted molar refractivity (Wildman–Crippen MR) is 131 cm³/mol. The fraction of sp³-hybridized carbons (Fsp3) is 0.217. The average Bonchev–Trinajstić information content (AvgIpc) is 3.16. The summed E-state index contributed by atoms with van der Waals surface area (Å²) < 4.78 is 32.7. The molecule has 1 N–H and O–H groups in total. The van der Waals surface area contributed by atoms with E-state index in [9.17, 15) is 24.7 Å². The number of alkyl halides is 1. The highest BCUT2D eigenvalue weighted by Gasteiger charge is 2.60. The second-order valence-corrected chi connectivity index (χ2v) is 8.75. The van der Waals surface area contributed by atoms with E-state index in [1.54, 1.807) is 6.07 Å². The molecule has 0 spiro atoms. The van der Waals surface area contributed by atoms with E-state index < -0.39 is 59.0 Å². The summed E-state index contributed by atoms with van der Waals surface area (Å²) in [5.41, 5.74) is 4.79. The molecule has 38 heavy (non-hydrogen) atoms. The third-order valence-electron chi connectivity index (χ3n) is 5.46. The zero-order valence-corrected chi connectivity index (χ0v) is 20.5. The van der Waals surface area contributed by atoms with Gasteiger partial charge in [-0.1, -0.05) is 52.6 Å². The van der Waals surface area contributed by atoms with Crippen LogP contribution < -0.4 is 11.2 Å². The van der Waals surface area contributed by atoms with Crippen molar-refractivity contribution in [2.24, 2.45) is 5.11 Å². The quantitative estimate of drug-likeness (QED) is 0.197. The van der Waals surface area contributed by atoms with Gasteiger partial charge in [0.2, 0.25) is 5.72 Å². The first-order chi connectivity index (χ1) is 18.1. The number of aromatic nitrogens is 2. The molecule has 0 saturated carbocycles. The Bertz CT molecular complexity index is 1540. The van der Waals surface area contributed by atoms with Crippen molar-refractivity contribution in [3.8, 4) is 0 Å². The maximum absolute atomic E-state index is 15.9. The molecule has 1 saturated heterocycles. The number of ether oxygens (including phenoxy) is 3. The van der Waals surface area contributed by atoms with Crippen molar-refractivity contribution in [2.75, 3.05) is 6.61 Å². The number of azide groups is 1. The van der Waals surface area contributed by atoms with Crippen molar-refractivity contribution in [1.29, 1.82) is 0 Å². The molecular formula is C23H16Cl2FN5O7. The Morgan fingerprint density at radius 3 is 2.53 bits per heavy atom. The Labute approximate surface area is 222 Å². The number of halogens is 3. The topological polar surface area (TPSA) is 165 Å². The number of hydrogen-bond acceptors (Lipinski definition) is 8. The van der Waals surface area contributed by atoms with Crippen molar-refractivity contribution in [3.05, 3.63) is 113 Å². The van der Waals surface area contributed by atoms with Crippen LogP contribution in [0.2, 0.25) is 10.0 Å². The van der Waals surface area contributed by atoms with Gasteiger partial charge in [-0.05, 0) is 35.9 Å². The van der Waals surface area contributed by atoms with E-state index >= 15 is 4.39 Å². The van der Waals surface area contributed by atoms with Gasteiger partial charge >= 0.3 is 17.6 Å². The lowest BCUT2D eigenvalue weighted by Gasteiger charge is -2.28. The summed E-state index contributed by atoms with van der Waals surface area (Å²) in [5.74, 6) is -1.96. The number of carbonyl (C=O) groups excluding carboxylic acids is 2. The van der Waals surface area contributed by atoms with E-state index in [-0.39, 0.29) is 16.1 Å². The third-order valence-corrected chi connectivity index (χ3v) is 5.96. The van der Waals surface area contributed by atoms with Crippen molar-refractivity contribution >= 4 is 35.1 Å². The Morgan fingerprint density at radius 1 is 1.13 bits per heavy atom. The van der Waals surface area contributed by atoms with Crippen LogP contribution in [0.25, 0.3) is 10.4 Å². The Kier molecular flexibility index (Phi) is 7.83. The largest absolute Gasteiger partial charge is 0.459 e. The molecule has 12 nitrogen and oxygen atoms in total. The highest BCUT2D eigenvalue weighted by Crippen LogP contribution is 2.42. The van der Waals surface area contributed by atoms with Gasteiger partial charge < -0.3 is 14.2 Å². The lowest BCUT2D eigenvalue weighted by atomic mass is 10.1. The molecule has 0 aliphatic carbocycles. The number of H-pyrrole nitrogens is 1. The number of nitrogens with zero attached hydrogens (tertiary/aromatic N) is 4. The molecule has 4 rings (SSSR count). The molecule has 3 aromatic rings. The van der Waals surface area contributed by atoms with Gasteiger partial charge in [-0.2, -0.15) is 0 Å². The van der Waals surface area contributed by atoms with Crippen LogP contribution in [0.4, 0.5) is 4.39 Å². The second kappa shape index (κ2) is 11.1. The number of nitrogens with one attached hydrogen (secondary N) is 1. The highest BCUT2D eigenvalue weighted by atomic mass is 35.5. The monoisotopic (exact) mass is 563 g/mol. The standard InChI is InChI=1S/C23H16Cl2FN5O7/c24-14-8-4-7-13(9-14)20(33)36-11-23(29-30-27)17(37-21(34)12-5-2-1-3-6-12)16(26)19(38-23)31-10-15(25)18(32)28-22(31)35/h1-10,16-17,19H,11H2,(H,28,32,35)/t16-,17-,19+,23+/m0/s1. The molecule has 196 valence electrons. The van der Waals surface area contributed by atoms with Gasteiger partial charge in [0.05, 0.1) is 11.1 Å². The first kappa shape index (κ1) is 26.9. The molecule has 1 aromatic heterocycles. The van der Waals surface area contributed by atoms with Gasteiger partial charge in [0, 0.05) is 16.1 Å². The van der Waals surface area contributed by atoms with E-state index in [1.165, 1.54) is 48.5 Å². The molecule has 0 radical (unpaired) electrons. The third kappa shape index (κ3) is 5.41. The number of carbonyl (C=O) groups is 2. The normalized spacial score (nSPS) is 22.3. The maximum Gasteiger partial charge on any atom is 0.338 e. The second-order valence-electron chi connectivity index (χ2n) is 7.91. The summed E-state index contributed by atoms with van der Waals surface area (Å²) in [4.78, 5) is 54.1. The van der Waals surface area contributed by atoms with E-state index in [0.717, 1.165) is 6.20 Å². The van der Waals surface area contributed by atoms with Crippen LogP contribution in [0.15, 0.2) is 75.5 Å². The van der Waals surface area contributed by atoms with Gasteiger partial charge in [0.25, 0.3) is 5.56 Å². The van der Waals surface area contributed by atoms with E-state index in [2.05, 4.69) is 10.0 Å². The zero-order chi connectivity index (χ0) is 27.4. The van der Waals surface area contributed by atoms with Crippen LogP contribution in [0.1, 0.15) is 26.9 Å².